The monoisotopic (exact) mass is 278 g/mol. The van der Waals surface area contributed by atoms with Crippen molar-refractivity contribution in [2.45, 2.75) is 6.92 Å². The molecule has 0 bridgehead atoms. The molecule has 2 aromatic rings. The molecule has 6 nitrogen and oxygen atoms in total. The Balaban J connectivity index is 2.28. The van der Waals surface area contributed by atoms with Gasteiger partial charge in [-0.2, -0.15) is 0 Å². The molecule has 0 fully saturated rings. The molecule has 2 aromatic heterocycles. The summed E-state index contributed by atoms with van der Waals surface area (Å²) in [5, 5.41) is 13.1. The van der Waals surface area contributed by atoms with Gasteiger partial charge < -0.3 is 15.4 Å². The lowest BCUT2D eigenvalue weighted by Crippen LogP contribution is -2.21. The van der Waals surface area contributed by atoms with Gasteiger partial charge in [0.2, 0.25) is 0 Å². The van der Waals surface area contributed by atoms with Crippen LogP contribution in [0.15, 0.2) is 28.5 Å². The summed E-state index contributed by atoms with van der Waals surface area (Å²) < 4.78 is 0. The van der Waals surface area contributed by atoms with E-state index in [2.05, 4.69) is 10.3 Å². The first kappa shape index (κ1) is 13.0. The van der Waals surface area contributed by atoms with Gasteiger partial charge in [0.1, 0.15) is 10.6 Å². The first-order chi connectivity index (χ1) is 8.99. The summed E-state index contributed by atoms with van der Waals surface area (Å²) in [5.41, 5.74) is 0.170. The number of carbonyl (C=O) groups excluding carboxylic acids is 1. The van der Waals surface area contributed by atoms with E-state index >= 15 is 0 Å². The minimum Gasteiger partial charge on any atom is -0.478 e. The standard InChI is InChI=1S/C12H10N2O4S/c1-6-4-9(15)8(5-13-6)10(16)14-11-7(12(17)18)2-3-19-11/h2-5H,1H3,(H,13,15)(H,14,16)(H,17,18). The fraction of sp³-hybridized carbons (Fsp3) is 0.0833. The van der Waals surface area contributed by atoms with Crippen LogP contribution in [-0.4, -0.2) is 22.0 Å². The number of carboxylic acid groups (broad SMARTS) is 1. The van der Waals surface area contributed by atoms with E-state index in [0.717, 1.165) is 11.3 Å². The maximum atomic E-state index is 11.9. The van der Waals surface area contributed by atoms with Gasteiger partial charge in [0, 0.05) is 18.0 Å². The van der Waals surface area contributed by atoms with Gasteiger partial charge in [-0.15, -0.1) is 11.3 Å². The van der Waals surface area contributed by atoms with Crippen LogP contribution in [0.1, 0.15) is 26.4 Å². The zero-order chi connectivity index (χ0) is 14.0. The number of anilines is 1. The third-order valence-corrected chi connectivity index (χ3v) is 3.25. The first-order valence-corrected chi connectivity index (χ1v) is 6.18. The molecular formula is C12H10N2O4S. The van der Waals surface area contributed by atoms with Crippen LogP contribution in [0.3, 0.4) is 0 Å². The van der Waals surface area contributed by atoms with Crippen LogP contribution in [0.5, 0.6) is 0 Å². The molecule has 0 aliphatic carbocycles. The van der Waals surface area contributed by atoms with E-state index in [1.807, 2.05) is 0 Å². The second-order valence-electron chi connectivity index (χ2n) is 3.82. The Labute approximate surface area is 111 Å². The maximum absolute atomic E-state index is 11.9. The molecule has 0 atom stereocenters. The van der Waals surface area contributed by atoms with Crippen molar-refractivity contribution in [1.82, 2.24) is 4.98 Å². The van der Waals surface area contributed by atoms with Crippen molar-refractivity contribution in [3.63, 3.8) is 0 Å². The topological polar surface area (TPSA) is 99.3 Å². The summed E-state index contributed by atoms with van der Waals surface area (Å²) in [6, 6.07) is 2.70. The van der Waals surface area contributed by atoms with Gasteiger partial charge in [0.25, 0.3) is 5.91 Å². The minimum absolute atomic E-state index is 0.00175. The highest BCUT2D eigenvalue weighted by Gasteiger charge is 2.16. The predicted octanol–water partition coefficient (Wildman–Crippen LogP) is 1.70. The number of aromatic carboxylic acids is 1. The quantitative estimate of drug-likeness (QED) is 0.795. The molecule has 0 saturated heterocycles. The Hall–Kier alpha value is -2.41. The van der Waals surface area contributed by atoms with E-state index < -0.39 is 17.3 Å². The Morgan fingerprint density at radius 3 is 2.74 bits per heavy atom. The summed E-state index contributed by atoms with van der Waals surface area (Å²) >= 11 is 1.08. The van der Waals surface area contributed by atoms with Crippen LogP contribution in [0.2, 0.25) is 0 Å². The minimum atomic E-state index is -1.13. The summed E-state index contributed by atoms with van der Waals surface area (Å²) in [5.74, 6) is -1.76. The first-order valence-electron chi connectivity index (χ1n) is 5.30. The molecule has 1 amide bonds. The molecule has 2 rings (SSSR count). The zero-order valence-corrected chi connectivity index (χ0v) is 10.7. The number of H-pyrrole nitrogens is 1. The second-order valence-corrected chi connectivity index (χ2v) is 4.73. The molecular weight excluding hydrogens is 268 g/mol. The Kier molecular flexibility index (Phi) is 3.48. The number of aromatic nitrogens is 1. The van der Waals surface area contributed by atoms with E-state index in [9.17, 15) is 14.4 Å². The molecule has 0 radical (unpaired) electrons. The number of thiophene rings is 1. The lowest BCUT2D eigenvalue weighted by molar-refractivity contribution is 0.0698. The highest BCUT2D eigenvalue weighted by molar-refractivity contribution is 7.14. The Morgan fingerprint density at radius 1 is 1.37 bits per heavy atom. The Morgan fingerprint density at radius 2 is 2.11 bits per heavy atom. The molecule has 0 unspecified atom stereocenters. The SMILES string of the molecule is Cc1cc(=O)c(C(=O)Nc2sccc2C(=O)O)c[nH]1. The largest absolute Gasteiger partial charge is 0.478 e. The summed E-state index contributed by atoms with van der Waals surface area (Å²) in [6.45, 7) is 1.70. The van der Waals surface area contributed by atoms with Gasteiger partial charge in [-0.25, -0.2) is 4.79 Å². The van der Waals surface area contributed by atoms with Crippen molar-refractivity contribution in [2.24, 2.45) is 0 Å². The number of carboxylic acids is 1. The molecule has 0 aromatic carbocycles. The third-order valence-electron chi connectivity index (χ3n) is 2.42. The van der Waals surface area contributed by atoms with Gasteiger partial charge >= 0.3 is 5.97 Å². The van der Waals surface area contributed by atoms with E-state index in [4.69, 9.17) is 5.11 Å². The summed E-state index contributed by atoms with van der Waals surface area (Å²) in [4.78, 5) is 37.2. The summed E-state index contributed by atoms with van der Waals surface area (Å²) in [6.07, 6.45) is 1.31. The molecule has 0 aliphatic heterocycles. The number of aryl methyl sites for hydroxylation is 1. The molecule has 0 spiro atoms. The van der Waals surface area contributed by atoms with Crippen LogP contribution in [0.4, 0.5) is 5.00 Å². The molecule has 0 saturated carbocycles. The number of hydrogen-bond acceptors (Lipinski definition) is 4. The van der Waals surface area contributed by atoms with Crippen molar-refractivity contribution < 1.29 is 14.7 Å². The van der Waals surface area contributed by atoms with Crippen LogP contribution in [-0.2, 0) is 0 Å². The van der Waals surface area contributed by atoms with E-state index in [0.29, 0.717) is 5.69 Å². The van der Waals surface area contributed by atoms with E-state index in [1.54, 1.807) is 12.3 Å². The molecule has 19 heavy (non-hydrogen) atoms. The number of aromatic amines is 1. The number of rotatable bonds is 3. The molecule has 0 aliphatic rings. The fourth-order valence-electron chi connectivity index (χ4n) is 1.50. The maximum Gasteiger partial charge on any atom is 0.338 e. The van der Waals surface area contributed by atoms with Crippen molar-refractivity contribution in [1.29, 1.82) is 0 Å². The number of carbonyl (C=O) groups is 2. The van der Waals surface area contributed by atoms with Crippen LogP contribution >= 0.6 is 11.3 Å². The van der Waals surface area contributed by atoms with Crippen LogP contribution in [0, 0.1) is 6.92 Å². The normalized spacial score (nSPS) is 10.2. The van der Waals surface area contributed by atoms with Crippen molar-refractivity contribution >= 4 is 28.2 Å². The fourth-order valence-corrected chi connectivity index (χ4v) is 2.27. The number of nitrogens with one attached hydrogen (secondary N) is 2. The molecule has 98 valence electrons. The smallest absolute Gasteiger partial charge is 0.338 e. The van der Waals surface area contributed by atoms with E-state index in [-0.39, 0.29) is 16.1 Å². The zero-order valence-electron chi connectivity index (χ0n) is 9.89. The molecule has 7 heteroatoms. The number of hydrogen-bond donors (Lipinski definition) is 3. The van der Waals surface area contributed by atoms with Crippen molar-refractivity contribution in [3.8, 4) is 0 Å². The Bertz CT molecular complexity index is 702. The average Bonchev–Trinajstić information content (AvgIpc) is 2.76. The van der Waals surface area contributed by atoms with Gasteiger partial charge in [0.05, 0.1) is 5.56 Å². The van der Waals surface area contributed by atoms with Gasteiger partial charge in [-0.05, 0) is 18.4 Å². The van der Waals surface area contributed by atoms with Crippen LogP contribution in [0.25, 0.3) is 0 Å². The van der Waals surface area contributed by atoms with Crippen molar-refractivity contribution in [2.75, 3.05) is 5.32 Å². The van der Waals surface area contributed by atoms with Crippen LogP contribution < -0.4 is 10.7 Å². The molecule has 3 N–H and O–H groups in total. The lowest BCUT2D eigenvalue weighted by Gasteiger charge is -2.04. The molecule has 2 heterocycles. The lowest BCUT2D eigenvalue weighted by atomic mass is 10.2. The van der Waals surface area contributed by atoms with Gasteiger partial charge in [-0.3, -0.25) is 9.59 Å². The highest BCUT2D eigenvalue weighted by Crippen LogP contribution is 2.23. The number of pyridine rings is 1. The van der Waals surface area contributed by atoms with Gasteiger partial charge in [0.15, 0.2) is 5.43 Å². The second kappa shape index (κ2) is 5.07. The third kappa shape index (κ3) is 2.71. The van der Waals surface area contributed by atoms with Gasteiger partial charge in [-0.1, -0.05) is 0 Å². The van der Waals surface area contributed by atoms with E-state index in [1.165, 1.54) is 18.3 Å². The van der Waals surface area contributed by atoms with Crippen molar-refractivity contribution in [3.05, 3.63) is 50.8 Å². The highest BCUT2D eigenvalue weighted by atomic mass is 32.1. The predicted molar refractivity (Wildman–Crippen MR) is 71.0 cm³/mol. The average molecular weight is 278 g/mol. The number of amides is 1. The summed E-state index contributed by atoms with van der Waals surface area (Å²) in [7, 11) is 0.